The Kier molecular flexibility index (Phi) is 13.8. The maximum absolute atomic E-state index is 10.4. The Balaban J connectivity index is 0. The molecule has 4 atom stereocenters. The quantitative estimate of drug-likeness (QED) is 0.248. The predicted octanol–water partition coefficient (Wildman–Crippen LogP) is -2.64. The Labute approximate surface area is 146 Å². The molecule has 0 saturated carbocycles. The van der Waals surface area contributed by atoms with Gasteiger partial charge in [-0.25, -0.2) is 19.2 Å². The number of hydrogen-bond donors (Lipinski definition) is 4. The van der Waals surface area contributed by atoms with E-state index in [4.69, 9.17) is 20.4 Å². The normalized spacial score (nSPS) is 14.5. The number of carbonyl (C=O) groups is 4. The zero-order chi connectivity index (χ0) is 20.9. The highest BCUT2D eigenvalue weighted by atomic mass is 17.5. The van der Waals surface area contributed by atoms with Crippen LogP contribution >= 0.6 is 0 Å². The van der Waals surface area contributed by atoms with Crippen molar-refractivity contribution < 1.29 is 69.2 Å². The summed E-state index contributed by atoms with van der Waals surface area (Å²) in [4.78, 5) is 56.9. The lowest BCUT2D eigenvalue weighted by Gasteiger charge is -2.04. The fourth-order valence-corrected chi connectivity index (χ4v) is 0.447. The molecule has 14 heteroatoms. The molecule has 26 heavy (non-hydrogen) atoms. The van der Waals surface area contributed by atoms with E-state index in [1.54, 1.807) is 0 Å². The van der Waals surface area contributed by atoms with Crippen molar-refractivity contribution in [1.29, 1.82) is 0 Å². The van der Waals surface area contributed by atoms with Gasteiger partial charge in [0.05, 0.1) is 0 Å². The van der Waals surface area contributed by atoms with Crippen LogP contribution in [0.15, 0.2) is 0 Å². The van der Waals surface area contributed by atoms with Crippen LogP contribution in [0.25, 0.3) is 0 Å². The van der Waals surface area contributed by atoms with E-state index < -0.39 is 48.3 Å². The highest BCUT2D eigenvalue weighted by Crippen LogP contribution is 1.93. The van der Waals surface area contributed by atoms with Gasteiger partial charge in [0.15, 0.2) is 24.4 Å². The SMILES string of the molecule is CC(O)C(=O)OOOC(=O)C(C)O.CC(O)C(=O)OOOC(=O)C(C)O. The van der Waals surface area contributed by atoms with E-state index in [-0.39, 0.29) is 0 Å². The lowest BCUT2D eigenvalue weighted by atomic mass is 10.4. The van der Waals surface area contributed by atoms with Gasteiger partial charge in [0.2, 0.25) is 0 Å². The minimum Gasteiger partial charge on any atom is -0.382 e. The molecule has 0 aromatic carbocycles. The van der Waals surface area contributed by atoms with Crippen molar-refractivity contribution in [3.8, 4) is 0 Å². The van der Waals surface area contributed by atoms with Crippen LogP contribution < -0.4 is 0 Å². The van der Waals surface area contributed by atoms with Crippen LogP contribution in [0.5, 0.6) is 0 Å². The lowest BCUT2D eigenvalue weighted by Crippen LogP contribution is -2.23. The molecule has 4 unspecified atom stereocenters. The molecule has 0 aromatic heterocycles. The smallest absolute Gasteiger partial charge is 0.374 e. The maximum atomic E-state index is 10.4. The van der Waals surface area contributed by atoms with Crippen LogP contribution in [0.2, 0.25) is 0 Å². The molecule has 14 nitrogen and oxygen atoms in total. The van der Waals surface area contributed by atoms with Crippen molar-refractivity contribution in [2.24, 2.45) is 0 Å². The Morgan fingerprint density at radius 3 is 0.769 bits per heavy atom. The molecule has 0 bridgehead atoms. The van der Waals surface area contributed by atoms with Crippen LogP contribution in [0, 0.1) is 0 Å². The van der Waals surface area contributed by atoms with E-state index in [1.165, 1.54) is 0 Å². The first-order chi connectivity index (χ1) is 11.9. The first-order valence-corrected chi connectivity index (χ1v) is 6.80. The van der Waals surface area contributed by atoms with E-state index in [0.717, 1.165) is 27.7 Å². The summed E-state index contributed by atoms with van der Waals surface area (Å²) in [5.74, 6) is -4.45. The highest BCUT2D eigenvalue weighted by molar-refractivity contribution is 5.74. The second kappa shape index (κ2) is 13.9. The van der Waals surface area contributed by atoms with Crippen molar-refractivity contribution in [2.45, 2.75) is 52.1 Å². The second-order valence-corrected chi connectivity index (χ2v) is 4.45. The van der Waals surface area contributed by atoms with Gasteiger partial charge in [0.25, 0.3) is 0 Å². The van der Waals surface area contributed by atoms with Gasteiger partial charge in [-0.2, -0.15) is 0 Å². The van der Waals surface area contributed by atoms with Crippen molar-refractivity contribution in [2.75, 3.05) is 0 Å². The van der Waals surface area contributed by atoms with Gasteiger partial charge >= 0.3 is 23.9 Å². The van der Waals surface area contributed by atoms with Gasteiger partial charge in [0, 0.05) is 10.1 Å². The van der Waals surface area contributed by atoms with Gasteiger partial charge in [0.1, 0.15) is 0 Å². The minimum absolute atomic E-state index is 1.11. The maximum Gasteiger partial charge on any atom is 0.374 e. The number of carbonyl (C=O) groups excluding carboxylic acids is 4. The molecule has 0 saturated heterocycles. The van der Waals surface area contributed by atoms with E-state index in [1.807, 2.05) is 0 Å². The number of aliphatic hydroxyl groups excluding tert-OH is 4. The van der Waals surface area contributed by atoms with Gasteiger partial charge in [-0.15, -0.1) is 0 Å². The van der Waals surface area contributed by atoms with E-state index >= 15 is 0 Å². The summed E-state index contributed by atoms with van der Waals surface area (Å²) >= 11 is 0. The van der Waals surface area contributed by atoms with Crippen LogP contribution in [0.1, 0.15) is 27.7 Å². The van der Waals surface area contributed by atoms with Crippen molar-refractivity contribution in [3.05, 3.63) is 0 Å². The monoisotopic (exact) mass is 388 g/mol. The highest BCUT2D eigenvalue weighted by Gasteiger charge is 2.17. The van der Waals surface area contributed by atoms with Crippen LogP contribution in [-0.4, -0.2) is 68.7 Å². The first kappa shape index (κ1) is 25.9. The molecular weight excluding hydrogens is 368 g/mol. The Bertz CT molecular complexity index is 373. The van der Waals surface area contributed by atoms with Crippen LogP contribution in [0.4, 0.5) is 0 Å². The summed E-state index contributed by atoms with van der Waals surface area (Å²) in [6, 6.07) is 0. The number of rotatable bonds is 8. The standard InChI is InChI=1S/2C6H10O7/c2*1-3(7)5(9)11-13-12-6(10)4(2)8/h2*3-4,7-8H,1-2H3. The van der Waals surface area contributed by atoms with E-state index in [9.17, 15) is 19.2 Å². The molecule has 0 fully saturated rings. The molecule has 0 aliphatic rings. The third-order valence-corrected chi connectivity index (χ3v) is 1.83. The molecule has 0 rings (SSSR count). The molecular formula is C12H20O14. The van der Waals surface area contributed by atoms with E-state index in [0.29, 0.717) is 0 Å². The lowest BCUT2D eigenvalue weighted by molar-refractivity contribution is -0.462. The summed E-state index contributed by atoms with van der Waals surface area (Å²) in [7, 11) is 0. The van der Waals surface area contributed by atoms with Crippen molar-refractivity contribution >= 4 is 23.9 Å². The second-order valence-electron chi connectivity index (χ2n) is 4.45. The molecule has 0 spiro atoms. The molecule has 0 heterocycles. The zero-order valence-electron chi connectivity index (χ0n) is 14.2. The fraction of sp³-hybridized carbons (Fsp3) is 0.667. The minimum atomic E-state index is -1.38. The molecule has 0 aliphatic carbocycles. The predicted molar refractivity (Wildman–Crippen MR) is 73.3 cm³/mol. The van der Waals surface area contributed by atoms with Crippen molar-refractivity contribution in [3.63, 3.8) is 0 Å². The summed E-state index contributed by atoms with van der Waals surface area (Å²) in [5, 5.41) is 41.5. The average molecular weight is 388 g/mol. The first-order valence-electron chi connectivity index (χ1n) is 6.80. The summed E-state index contributed by atoms with van der Waals surface area (Å²) in [5.41, 5.74) is 0. The zero-order valence-corrected chi connectivity index (χ0v) is 14.2. The Morgan fingerprint density at radius 2 is 0.654 bits per heavy atom. The fourth-order valence-electron chi connectivity index (χ4n) is 0.447. The molecule has 4 N–H and O–H groups in total. The number of aliphatic hydroxyl groups is 4. The summed E-state index contributed by atoms with van der Waals surface area (Å²) < 4.78 is 0. The van der Waals surface area contributed by atoms with Crippen LogP contribution in [0.3, 0.4) is 0 Å². The average Bonchev–Trinajstić information content (AvgIpc) is 2.54. The van der Waals surface area contributed by atoms with Gasteiger partial charge < -0.3 is 20.4 Å². The van der Waals surface area contributed by atoms with Gasteiger partial charge in [-0.05, 0) is 27.7 Å². The topological polar surface area (TPSA) is 205 Å². The molecule has 0 amide bonds. The Hall–Kier alpha value is -2.36. The molecule has 0 aromatic rings. The third-order valence-electron chi connectivity index (χ3n) is 1.83. The van der Waals surface area contributed by atoms with Crippen molar-refractivity contribution in [1.82, 2.24) is 0 Å². The third kappa shape index (κ3) is 14.0. The van der Waals surface area contributed by atoms with E-state index in [2.05, 4.69) is 29.6 Å². The molecule has 152 valence electrons. The van der Waals surface area contributed by atoms with Gasteiger partial charge in [-0.1, -0.05) is 0 Å². The van der Waals surface area contributed by atoms with Crippen LogP contribution in [-0.2, 0) is 48.8 Å². The summed E-state index contributed by atoms with van der Waals surface area (Å²) in [6.45, 7) is 4.56. The number of hydrogen-bond acceptors (Lipinski definition) is 14. The van der Waals surface area contributed by atoms with Gasteiger partial charge in [-0.3, -0.25) is 19.6 Å². The molecule has 0 aliphatic heterocycles. The largest absolute Gasteiger partial charge is 0.382 e. The Morgan fingerprint density at radius 1 is 0.500 bits per heavy atom. The summed E-state index contributed by atoms with van der Waals surface area (Å²) in [6.07, 6.45) is -5.54. The molecule has 0 radical (unpaired) electrons.